The van der Waals surface area contributed by atoms with Crippen LogP contribution in [-0.2, 0) is 0 Å². The van der Waals surface area contributed by atoms with Crippen molar-refractivity contribution in [2.24, 2.45) is 28.6 Å². The molecule has 134 valence electrons. The monoisotopic (exact) mass is 364 g/mol. The minimum atomic E-state index is -0.0734. The number of fused-ring (bicyclic) bond motifs is 6. The van der Waals surface area contributed by atoms with Gasteiger partial charge in [0.15, 0.2) is 0 Å². The van der Waals surface area contributed by atoms with Crippen molar-refractivity contribution in [3.63, 3.8) is 0 Å². The number of thioether (sulfide) groups is 2. The first kappa shape index (κ1) is 16.6. The Labute approximate surface area is 155 Å². The Kier molecular flexibility index (Phi) is 3.76. The van der Waals surface area contributed by atoms with Gasteiger partial charge in [0, 0.05) is 11.5 Å². The van der Waals surface area contributed by atoms with Crippen LogP contribution in [0.15, 0.2) is 11.6 Å². The zero-order valence-electron chi connectivity index (χ0n) is 15.2. The number of allylic oxidation sites excluding steroid dienone is 1. The fourth-order valence-electron chi connectivity index (χ4n) is 7.53. The van der Waals surface area contributed by atoms with Crippen LogP contribution < -0.4 is 0 Å². The van der Waals surface area contributed by atoms with Crippen molar-refractivity contribution in [1.29, 1.82) is 0 Å². The second-order valence-corrected chi connectivity index (χ2v) is 12.6. The predicted octanol–water partition coefficient (Wildman–Crippen LogP) is 5.49. The first-order valence-electron chi connectivity index (χ1n) is 10.1. The number of aliphatic hydroxyl groups excluding tert-OH is 1. The van der Waals surface area contributed by atoms with Gasteiger partial charge in [-0.3, -0.25) is 0 Å². The number of aliphatic hydroxyl groups is 1. The number of rotatable bonds is 0. The van der Waals surface area contributed by atoms with Crippen molar-refractivity contribution in [3.05, 3.63) is 11.6 Å². The van der Waals surface area contributed by atoms with Gasteiger partial charge in [0.1, 0.15) is 0 Å². The lowest BCUT2D eigenvalue weighted by atomic mass is 9.48. The average molecular weight is 365 g/mol. The van der Waals surface area contributed by atoms with E-state index in [0.717, 1.165) is 30.6 Å². The zero-order valence-corrected chi connectivity index (χ0v) is 16.9. The minimum absolute atomic E-state index is 0.0734. The molecule has 0 radical (unpaired) electrons. The third kappa shape index (κ3) is 2.01. The molecule has 0 aromatic rings. The molecule has 1 unspecified atom stereocenters. The second-order valence-electron chi connectivity index (χ2n) is 9.60. The lowest BCUT2D eigenvalue weighted by Crippen LogP contribution is -2.52. The van der Waals surface area contributed by atoms with Crippen molar-refractivity contribution in [2.75, 3.05) is 11.5 Å². The molecule has 1 aliphatic heterocycles. The molecule has 0 amide bonds. The summed E-state index contributed by atoms with van der Waals surface area (Å²) in [6.07, 6.45) is 12.8. The van der Waals surface area contributed by atoms with E-state index in [4.69, 9.17) is 0 Å². The Morgan fingerprint density at radius 1 is 1.00 bits per heavy atom. The molecule has 5 rings (SSSR count). The highest BCUT2D eigenvalue weighted by Gasteiger charge is 2.65. The summed E-state index contributed by atoms with van der Waals surface area (Å²) in [6, 6.07) is 0. The Bertz CT molecular complexity index is 566. The molecule has 1 saturated heterocycles. The van der Waals surface area contributed by atoms with Crippen LogP contribution in [0.4, 0.5) is 0 Å². The highest BCUT2D eigenvalue weighted by Crippen LogP contribution is 2.73. The SMILES string of the molecule is C[C@]12CCC(O)CC1=CC[C@@H]1[C@@H]2CC[C@@]2(C)[C@H]1CCC21SCCS1. The van der Waals surface area contributed by atoms with E-state index in [1.165, 1.54) is 50.0 Å². The van der Waals surface area contributed by atoms with Crippen LogP contribution in [0.2, 0.25) is 0 Å². The maximum atomic E-state index is 10.1. The van der Waals surface area contributed by atoms with Crippen LogP contribution in [0.25, 0.3) is 0 Å². The van der Waals surface area contributed by atoms with E-state index >= 15 is 0 Å². The van der Waals surface area contributed by atoms with Crippen LogP contribution in [0, 0.1) is 28.6 Å². The van der Waals surface area contributed by atoms with Gasteiger partial charge in [0.2, 0.25) is 0 Å². The van der Waals surface area contributed by atoms with Crippen molar-refractivity contribution >= 4 is 23.5 Å². The molecule has 1 N–H and O–H groups in total. The van der Waals surface area contributed by atoms with Crippen LogP contribution in [0.3, 0.4) is 0 Å². The standard InChI is InChI=1S/C21H32OS2/c1-19-8-5-15(22)13-14(19)3-4-16-17(19)6-9-20(2)18(16)7-10-21(20)23-11-12-24-21/h3,15-18,22H,4-13H2,1-2H3/t15?,16-,17+,18+,19+,20+/m1/s1. The van der Waals surface area contributed by atoms with Gasteiger partial charge in [0.05, 0.1) is 10.2 Å². The first-order chi connectivity index (χ1) is 11.5. The first-order valence-corrected chi connectivity index (χ1v) is 12.1. The third-order valence-corrected chi connectivity index (χ3v) is 12.9. The summed E-state index contributed by atoms with van der Waals surface area (Å²) < 4.78 is 0.552. The van der Waals surface area contributed by atoms with Crippen LogP contribution >= 0.6 is 23.5 Å². The Hall–Kier alpha value is 0.400. The van der Waals surface area contributed by atoms with Gasteiger partial charge in [-0.15, -0.1) is 23.5 Å². The Morgan fingerprint density at radius 2 is 1.75 bits per heavy atom. The average Bonchev–Trinajstić information content (AvgIpc) is 3.15. The molecule has 4 aliphatic carbocycles. The Balaban J connectivity index is 1.49. The highest BCUT2D eigenvalue weighted by atomic mass is 32.2. The maximum Gasteiger partial charge on any atom is 0.0667 e. The molecule has 3 heteroatoms. The Morgan fingerprint density at radius 3 is 2.54 bits per heavy atom. The molecule has 24 heavy (non-hydrogen) atoms. The smallest absolute Gasteiger partial charge is 0.0667 e. The number of hydrogen-bond donors (Lipinski definition) is 1. The van der Waals surface area contributed by atoms with E-state index in [1.807, 2.05) is 0 Å². The van der Waals surface area contributed by atoms with E-state index in [-0.39, 0.29) is 6.10 Å². The van der Waals surface area contributed by atoms with Crippen LogP contribution in [0.5, 0.6) is 0 Å². The van der Waals surface area contributed by atoms with Crippen molar-refractivity contribution in [3.8, 4) is 0 Å². The summed E-state index contributed by atoms with van der Waals surface area (Å²) in [6.45, 7) is 5.21. The molecular formula is C21H32OS2. The van der Waals surface area contributed by atoms with E-state index in [1.54, 1.807) is 5.57 Å². The molecule has 0 bridgehead atoms. The molecule has 0 aromatic heterocycles. The molecule has 1 nitrogen and oxygen atoms in total. The fraction of sp³-hybridized carbons (Fsp3) is 0.905. The topological polar surface area (TPSA) is 20.2 Å². The van der Waals surface area contributed by atoms with Crippen molar-refractivity contribution in [2.45, 2.75) is 75.4 Å². The molecular weight excluding hydrogens is 332 g/mol. The molecule has 6 atom stereocenters. The molecule has 5 aliphatic rings. The van der Waals surface area contributed by atoms with Gasteiger partial charge >= 0.3 is 0 Å². The van der Waals surface area contributed by atoms with Gasteiger partial charge in [-0.05, 0) is 80.0 Å². The zero-order chi connectivity index (χ0) is 16.6. The van der Waals surface area contributed by atoms with Crippen LogP contribution in [-0.4, -0.2) is 26.8 Å². The highest BCUT2D eigenvalue weighted by molar-refractivity contribution is 8.21. The number of hydrogen-bond acceptors (Lipinski definition) is 3. The summed E-state index contributed by atoms with van der Waals surface area (Å²) in [5.41, 5.74) is 2.58. The van der Waals surface area contributed by atoms with E-state index < -0.39 is 0 Å². The van der Waals surface area contributed by atoms with Gasteiger partial charge in [-0.1, -0.05) is 25.5 Å². The summed E-state index contributed by atoms with van der Waals surface area (Å²) in [5, 5.41) is 10.1. The third-order valence-electron chi connectivity index (χ3n) is 8.88. The minimum Gasteiger partial charge on any atom is -0.393 e. The van der Waals surface area contributed by atoms with Crippen molar-refractivity contribution < 1.29 is 5.11 Å². The van der Waals surface area contributed by atoms with Gasteiger partial charge in [0.25, 0.3) is 0 Å². The summed E-state index contributed by atoms with van der Waals surface area (Å²) >= 11 is 4.63. The molecule has 3 saturated carbocycles. The van der Waals surface area contributed by atoms with Crippen molar-refractivity contribution in [1.82, 2.24) is 0 Å². The lowest BCUT2D eigenvalue weighted by Gasteiger charge is -2.59. The quantitative estimate of drug-likeness (QED) is 0.574. The van der Waals surface area contributed by atoms with E-state index in [9.17, 15) is 5.11 Å². The van der Waals surface area contributed by atoms with Gasteiger partial charge in [-0.25, -0.2) is 0 Å². The van der Waals surface area contributed by atoms with Crippen LogP contribution in [0.1, 0.15) is 65.2 Å². The second kappa shape index (κ2) is 5.45. The predicted molar refractivity (Wildman–Crippen MR) is 105 cm³/mol. The van der Waals surface area contributed by atoms with Gasteiger partial charge < -0.3 is 5.11 Å². The summed E-state index contributed by atoms with van der Waals surface area (Å²) in [7, 11) is 0. The summed E-state index contributed by atoms with van der Waals surface area (Å²) in [5.74, 6) is 5.49. The largest absolute Gasteiger partial charge is 0.393 e. The lowest BCUT2D eigenvalue weighted by molar-refractivity contribution is -0.0368. The van der Waals surface area contributed by atoms with E-state index in [0.29, 0.717) is 14.9 Å². The molecule has 4 fully saturated rings. The normalized spacial score (nSPS) is 52.5. The molecule has 0 aromatic carbocycles. The van der Waals surface area contributed by atoms with E-state index in [2.05, 4.69) is 43.4 Å². The van der Waals surface area contributed by atoms with Gasteiger partial charge in [-0.2, -0.15) is 0 Å². The maximum absolute atomic E-state index is 10.1. The molecule has 1 heterocycles. The fourth-order valence-corrected chi connectivity index (χ4v) is 11.4. The summed E-state index contributed by atoms with van der Waals surface area (Å²) in [4.78, 5) is 0. The molecule has 1 spiro atoms.